The first-order chi connectivity index (χ1) is 17.0. The number of ether oxygens (including phenoxy) is 3. The molecule has 1 fully saturated rings. The van der Waals surface area contributed by atoms with E-state index < -0.39 is 5.92 Å². The molecule has 6 heteroatoms. The Morgan fingerprint density at radius 2 is 1.60 bits per heavy atom. The van der Waals surface area contributed by atoms with Gasteiger partial charge in [-0.3, -0.25) is 14.6 Å². The third-order valence-corrected chi connectivity index (χ3v) is 6.92. The highest BCUT2D eigenvalue weighted by atomic mass is 16.5. The summed E-state index contributed by atoms with van der Waals surface area (Å²) in [5.41, 5.74) is 1.60. The third kappa shape index (κ3) is 5.99. The number of Topliss-reactive ketones (excluding diaryl/α,β-unsaturated/α-hetero) is 2. The monoisotopic (exact) mass is 475 g/mol. The van der Waals surface area contributed by atoms with Gasteiger partial charge in [0.2, 0.25) is 0 Å². The van der Waals surface area contributed by atoms with Crippen molar-refractivity contribution in [2.24, 2.45) is 11.8 Å². The predicted octanol–water partition coefficient (Wildman–Crippen LogP) is 6.33. The minimum absolute atomic E-state index is 0.0272. The summed E-state index contributed by atoms with van der Waals surface area (Å²) in [6.45, 7) is 1.75. The summed E-state index contributed by atoms with van der Waals surface area (Å²) in [5.74, 6) is 2.44. The number of carbonyl (C=O) groups is 2. The molecule has 2 aromatic carbocycles. The quantitative estimate of drug-likeness (QED) is 0.319. The molecule has 0 aliphatic heterocycles. The molecule has 1 unspecified atom stereocenters. The number of rotatable bonds is 10. The summed E-state index contributed by atoms with van der Waals surface area (Å²) >= 11 is 0. The van der Waals surface area contributed by atoms with Crippen LogP contribution in [0, 0.1) is 11.8 Å². The number of nitrogens with zero attached hydrogens (tertiary/aromatic N) is 1. The summed E-state index contributed by atoms with van der Waals surface area (Å²) in [4.78, 5) is 29.8. The number of pyridine rings is 1. The van der Waals surface area contributed by atoms with E-state index in [1.54, 1.807) is 33.4 Å². The lowest BCUT2D eigenvalue weighted by Crippen LogP contribution is -2.25. The summed E-state index contributed by atoms with van der Waals surface area (Å²) in [6.07, 6.45) is 8.35. The van der Waals surface area contributed by atoms with Crippen molar-refractivity contribution in [3.05, 3.63) is 54.2 Å². The molecule has 1 saturated carbocycles. The van der Waals surface area contributed by atoms with E-state index in [0.717, 1.165) is 29.3 Å². The van der Waals surface area contributed by atoms with E-state index >= 15 is 0 Å². The van der Waals surface area contributed by atoms with Gasteiger partial charge >= 0.3 is 0 Å². The molecule has 3 aromatic rings. The molecule has 1 aliphatic carbocycles. The maximum absolute atomic E-state index is 12.7. The Hall–Kier alpha value is -3.41. The highest BCUT2D eigenvalue weighted by Crippen LogP contribution is 2.37. The molecule has 0 spiro atoms. The van der Waals surface area contributed by atoms with E-state index in [0.29, 0.717) is 35.3 Å². The largest absolute Gasteiger partial charge is 0.493 e. The van der Waals surface area contributed by atoms with Crippen molar-refractivity contribution in [1.82, 2.24) is 4.98 Å². The topological polar surface area (TPSA) is 74.7 Å². The van der Waals surface area contributed by atoms with Crippen molar-refractivity contribution >= 4 is 22.5 Å². The maximum atomic E-state index is 12.7. The van der Waals surface area contributed by atoms with Gasteiger partial charge in [0.05, 0.1) is 25.7 Å². The van der Waals surface area contributed by atoms with Gasteiger partial charge < -0.3 is 14.2 Å². The molecule has 1 aromatic heterocycles. The zero-order chi connectivity index (χ0) is 24.8. The first-order valence-corrected chi connectivity index (χ1v) is 12.3. The second kappa shape index (κ2) is 11.3. The predicted molar refractivity (Wildman–Crippen MR) is 135 cm³/mol. The molecule has 6 nitrogen and oxygen atoms in total. The molecule has 0 radical (unpaired) electrons. The second-order valence-electron chi connectivity index (χ2n) is 9.32. The van der Waals surface area contributed by atoms with Gasteiger partial charge in [-0.25, -0.2) is 0 Å². The van der Waals surface area contributed by atoms with Crippen molar-refractivity contribution < 1.29 is 23.8 Å². The van der Waals surface area contributed by atoms with Gasteiger partial charge in [0.25, 0.3) is 0 Å². The highest BCUT2D eigenvalue weighted by molar-refractivity contribution is 6.02. The van der Waals surface area contributed by atoms with Gasteiger partial charge in [-0.15, -0.1) is 0 Å². The molecule has 1 atom stereocenters. The Morgan fingerprint density at radius 3 is 2.29 bits per heavy atom. The standard InChI is InChI=1S/C29H33NO5/c1-19(25(31)15-20-7-5-4-6-8-20)26(32)16-21-9-11-22(12-10-21)35-27-13-14-30-24-18-29(34-3)28(33-2)17-23(24)27/h9-14,17-20H,4-8,15-16H2,1-3H3. The average Bonchev–Trinajstić information content (AvgIpc) is 2.89. The van der Waals surface area contributed by atoms with Gasteiger partial charge in [0.1, 0.15) is 23.1 Å². The Bertz CT molecular complexity index is 1180. The van der Waals surface area contributed by atoms with Gasteiger partial charge in [-0.05, 0) is 42.7 Å². The number of aromatic nitrogens is 1. The van der Waals surface area contributed by atoms with Gasteiger partial charge in [-0.1, -0.05) is 44.2 Å². The Labute approximate surface area is 206 Å². The van der Waals surface area contributed by atoms with E-state index in [2.05, 4.69) is 4.98 Å². The average molecular weight is 476 g/mol. The fraction of sp³-hybridized carbons (Fsp3) is 0.414. The molecule has 0 amide bonds. The van der Waals surface area contributed by atoms with Crippen molar-refractivity contribution in [1.29, 1.82) is 0 Å². The smallest absolute Gasteiger partial charge is 0.162 e. The van der Waals surface area contributed by atoms with Crippen LogP contribution in [0.3, 0.4) is 0 Å². The molecule has 1 aliphatic rings. The van der Waals surface area contributed by atoms with Crippen molar-refractivity contribution in [2.45, 2.75) is 51.9 Å². The lowest BCUT2D eigenvalue weighted by molar-refractivity contribution is -0.132. The van der Waals surface area contributed by atoms with Crippen LogP contribution in [0.4, 0.5) is 0 Å². The number of hydrogen-bond acceptors (Lipinski definition) is 6. The van der Waals surface area contributed by atoms with Crippen LogP contribution in [0.1, 0.15) is 51.0 Å². The summed E-state index contributed by atoms with van der Waals surface area (Å²) in [6, 6.07) is 12.9. The van der Waals surface area contributed by atoms with Crippen LogP contribution >= 0.6 is 0 Å². The minimum atomic E-state index is -0.553. The summed E-state index contributed by atoms with van der Waals surface area (Å²) in [7, 11) is 3.18. The van der Waals surface area contributed by atoms with Crippen LogP contribution in [-0.4, -0.2) is 30.8 Å². The number of fused-ring (bicyclic) bond motifs is 1. The summed E-state index contributed by atoms with van der Waals surface area (Å²) < 4.78 is 16.9. The second-order valence-corrected chi connectivity index (χ2v) is 9.32. The zero-order valence-electron chi connectivity index (χ0n) is 20.7. The molecule has 1 heterocycles. The first-order valence-electron chi connectivity index (χ1n) is 12.3. The van der Waals surface area contributed by atoms with E-state index in [-0.39, 0.29) is 18.0 Å². The summed E-state index contributed by atoms with van der Waals surface area (Å²) in [5, 5.41) is 0.801. The minimum Gasteiger partial charge on any atom is -0.493 e. The number of hydrogen-bond donors (Lipinski definition) is 0. The van der Waals surface area contributed by atoms with Crippen LogP contribution in [0.2, 0.25) is 0 Å². The fourth-order valence-electron chi connectivity index (χ4n) is 4.73. The van der Waals surface area contributed by atoms with Crippen LogP contribution < -0.4 is 14.2 Å². The highest BCUT2D eigenvalue weighted by Gasteiger charge is 2.25. The molecule has 184 valence electrons. The molecule has 35 heavy (non-hydrogen) atoms. The van der Waals surface area contributed by atoms with Crippen LogP contribution in [0.5, 0.6) is 23.0 Å². The normalized spacial score (nSPS) is 14.9. The molecule has 4 rings (SSSR count). The van der Waals surface area contributed by atoms with E-state index in [4.69, 9.17) is 14.2 Å². The maximum Gasteiger partial charge on any atom is 0.162 e. The fourth-order valence-corrected chi connectivity index (χ4v) is 4.73. The molecular formula is C29H33NO5. The van der Waals surface area contributed by atoms with Crippen molar-refractivity contribution in [2.75, 3.05) is 14.2 Å². The number of benzene rings is 2. The Kier molecular flexibility index (Phi) is 8.01. The zero-order valence-corrected chi connectivity index (χ0v) is 20.7. The van der Waals surface area contributed by atoms with Crippen molar-refractivity contribution in [3.63, 3.8) is 0 Å². The Balaban J connectivity index is 1.40. The molecular weight excluding hydrogens is 442 g/mol. The molecule has 0 saturated heterocycles. The first kappa shape index (κ1) is 24.7. The lowest BCUT2D eigenvalue weighted by atomic mass is 9.82. The van der Waals surface area contributed by atoms with E-state index in [9.17, 15) is 9.59 Å². The van der Waals surface area contributed by atoms with Gasteiger partial charge in [0.15, 0.2) is 11.5 Å². The number of carbonyl (C=O) groups excluding carboxylic acids is 2. The lowest BCUT2D eigenvalue weighted by Gasteiger charge is -2.22. The SMILES string of the molecule is COc1cc2nccc(Oc3ccc(CC(=O)C(C)C(=O)CC4CCCCC4)cc3)c2cc1OC. The van der Waals surface area contributed by atoms with Gasteiger partial charge in [-0.2, -0.15) is 0 Å². The van der Waals surface area contributed by atoms with Crippen LogP contribution in [-0.2, 0) is 16.0 Å². The molecule has 0 bridgehead atoms. The van der Waals surface area contributed by atoms with Crippen molar-refractivity contribution in [3.8, 4) is 23.0 Å². The van der Waals surface area contributed by atoms with Crippen LogP contribution in [0.15, 0.2) is 48.7 Å². The Morgan fingerprint density at radius 1 is 0.914 bits per heavy atom. The third-order valence-electron chi connectivity index (χ3n) is 6.92. The number of ketones is 2. The van der Waals surface area contributed by atoms with Crippen LogP contribution in [0.25, 0.3) is 10.9 Å². The molecule has 0 N–H and O–H groups in total. The van der Waals surface area contributed by atoms with Gasteiger partial charge in [0, 0.05) is 30.5 Å². The number of methoxy groups -OCH3 is 2. The van der Waals surface area contributed by atoms with E-state index in [1.807, 2.05) is 36.4 Å². The van der Waals surface area contributed by atoms with E-state index in [1.165, 1.54) is 19.3 Å².